The van der Waals surface area contributed by atoms with Gasteiger partial charge in [-0.15, -0.1) is 0 Å². The first-order valence-electron chi connectivity index (χ1n) is 5.73. The van der Waals surface area contributed by atoms with Crippen LogP contribution in [0.25, 0.3) is 11.3 Å². The number of hydrogen-bond donors (Lipinski definition) is 0. The molecule has 1 heterocycles. The van der Waals surface area contributed by atoms with Gasteiger partial charge in [-0.1, -0.05) is 43.7 Å². The van der Waals surface area contributed by atoms with Crippen molar-refractivity contribution in [2.75, 3.05) is 0 Å². The fraction of sp³-hybridized carbons (Fsp3) is 0.200. The quantitative estimate of drug-likeness (QED) is 0.735. The molecule has 0 N–H and O–H groups in total. The van der Waals surface area contributed by atoms with Crippen LogP contribution in [-0.4, -0.2) is 4.98 Å². The number of rotatable bonds is 1. The molecule has 2 heteroatoms. The smallest absolute Gasteiger partial charge is 0.101 e. The summed E-state index contributed by atoms with van der Waals surface area (Å²) in [5.74, 6) is 0. The SMILES string of the molecule is CC.Cc1ccc(-c2ncccc2C#N)cc1. The highest BCUT2D eigenvalue weighted by Crippen LogP contribution is 2.20. The molecule has 0 aliphatic carbocycles. The van der Waals surface area contributed by atoms with Crippen molar-refractivity contribution in [3.05, 3.63) is 53.7 Å². The molecule has 0 atom stereocenters. The van der Waals surface area contributed by atoms with E-state index in [1.165, 1.54) is 5.56 Å². The van der Waals surface area contributed by atoms with Crippen molar-refractivity contribution in [1.29, 1.82) is 5.26 Å². The molecule has 0 bridgehead atoms. The van der Waals surface area contributed by atoms with E-state index in [0.29, 0.717) is 5.56 Å². The molecule has 17 heavy (non-hydrogen) atoms. The maximum absolute atomic E-state index is 8.94. The zero-order valence-electron chi connectivity index (χ0n) is 10.4. The molecule has 2 nitrogen and oxygen atoms in total. The van der Waals surface area contributed by atoms with Crippen LogP contribution in [0.5, 0.6) is 0 Å². The van der Waals surface area contributed by atoms with Gasteiger partial charge in [0.1, 0.15) is 6.07 Å². The van der Waals surface area contributed by atoms with E-state index >= 15 is 0 Å². The zero-order chi connectivity index (χ0) is 12.7. The second-order valence-electron chi connectivity index (χ2n) is 3.38. The standard InChI is InChI=1S/C13H10N2.C2H6/c1-10-4-6-11(7-5-10)13-12(9-14)3-2-8-15-13;1-2/h2-8H,1H3;1-2H3. The van der Waals surface area contributed by atoms with Gasteiger partial charge in [-0.05, 0) is 19.1 Å². The van der Waals surface area contributed by atoms with Crippen LogP contribution in [0.2, 0.25) is 0 Å². The summed E-state index contributed by atoms with van der Waals surface area (Å²) in [4.78, 5) is 4.23. The number of benzene rings is 1. The summed E-state index contributed by atoms with van der Waals surface area (Å²) in [7, 11) is 0. The van der Waals surface area contributed by atoms with E-state index in [1.54, 1.807) is 18.3 Å². The van der Waals surface area contributed by atoms with Gasteiger partial charge in [-0.2, -0.15) is 5.26 Å². The van der Waals surface area contributed by atoms with E-state index < -0.39 is 0 Å². The molecule has 0 amide bonds. The van der Waals surface area contributed by atoms with Crippen molar-refractivity contribution in [2.24, 2.45) is 0 Å². The van der Waals surface area contributed by atoms with E-state index in [9.17, 15) is 0 Å². The van der Waals surface area contributed by atoms with Crippen molar-refractivity contribution >= 4 is 0 Å². The maximum atomic E-state index is 8.94. The number of nitrogens with zero attached hydrogens (tertiary/aromatic N) is 2. The van der Waals surface area contributed by atoms with E-state index in [4.69, 9.17) is 5.26 Å². The van der Waals surface area contributed by atoms with Crippen molar-refractivity contribution in [3.63, 3.8) is 0 Å². The Morgan fingerprint density at radius 3 is 2.29 bits per heavy atom. The summed E-state index contributed by atoms with van der Waals surface area (Å²) in [6.45, 7) is 6.04. The largest absolute Gasteiger partial charge is 0.255 e. The summed E-state index contributed by atoms with van der Waals surface area (Å²) >= 11 is 0. The molecule has 1 aromatic carbocycles. The summed E-state index contributed by atoms with van der Waals surface area (Å²) in [5.41, 5.74) is 3.55. The van der Waals surface area contributed by atoms with E-state index in [2.05, 4.69) is 11.1 Å². The third-order valence-corrected chi connectivity index (χ3v) is 2.25. The van der Waals surface area contributed by atoms with Crippen LogP contribution in [0.1, 0.15) is 25.0 Å². The summed E-state index contributed by atoms with van der Waals surface area (Å²) in [6.07, 6.45) is 1.70. The summed E-state index contributed by atoms with van der Waals surface area (Å²) in [6, 6.07) is 13.7. The monoisotopic (exact) mass is 224 g/mol. The summed E-state index contributed by atoms with van der Waals surface area (Å²) in [5, 5.41) is 8.94. The highest BCUT2D eigenvalue weighted by Gasteiger charge is 2.04. The average Bonchev–Trinajstić information content (AvgIpc) is 2.42. The minimum Gasteiger partial charge on any atom is -0.255 e. The Bertz CT molecular complexity index is 507. The number of hydrogen-bond acceptors (Lipinski definition) is 2. The van der Waals surface area contributed by atoms with Crippen molar-refractivity contribution in [1.82, 2.24) is 4.98 Å². The third kappa shape index (κ3) is 3.15. The van der Waals surface area contributed by atoms with Crippen LogP contribution < -0.4 is 0 Å². The minimum atomic E-state index is 0.612. The van der Waals surface area contributed by atoms with Gasteiger partial charge in [-0.25, -0.2) is 0 Å². The highest BCUT2D eigenvalue weighted by atomic mass is 14.7. The lowest BCUT2D eigenvalue weighted by atomic mass is 10.1. The predicted molar refractivity (Wildman–Crippen MR) is 70.5 cm³/mol. The lowest BCUT2D eigenvalue weighted by molar-refractivity contribution is 1.30. The van der Waals surface area contributed by atoms with E-state index in [0.717, 1.165) is 11.3 Å². The molecule has 0 saturated carbocycles. The van der Waals surface area contributed by atoms with Crippen LogP contribution in [-0.2, 0) is 0 Å². The van der Waals surface area contributed by atoms with Crippen LogP contribution in [0.4, 0.5) is 0 Å². The molecule has 0 unspecified atom stereocenters. The Balaban J connectivity index is 0.000000686. The zero-order valence-corrected chi connectivity index (χ0v) is 10.4. The first-order valence-corrected chi connectivity index (χ1v) is 5.73. The first kappa shape index (κ1) is 12.9. The van der Waals surface area contributed by atoms with Crippen LogP contribution >= 0.6 is 0 Å². The Labute approximate surface area is 103 Å². The van der Waals surface area contributed by atoms with Crippen LogP contribution in [0.15, 0.2) is 42.6 Å². The summed E-state index contributed by atoms with van der Waals surface area (Å²) < 4.78 is 0. The van der Waals surface area contributed by atoms with Gasteiger partial charge in [0, 0.05) is 11.8 Å². The minimum absolute atomic E-state index is 0.612. The molecule has 0 saturated heterocycles. The molecule has 0 radical (unpaired) electrons. The van der Waals surface area contributed by atoms with E-state index in [-0.39, 0.29) is 0 Å². The molecular formula is C15H16N2. The van der Waals surface area contributed by atoms with Crippen molar-refractivity contribution in [3.8, 4) is 17.3 Å². The van der Waals surface area contributed by atoms with Crippen molar-refractivity contribution in [2.45, 2.75) is 20.8 Å². The van der Waals surface area contributed by atoms with Gasteiger partial charge >= 0.3 is 0 Å². The van der Waals surface area contributed by atoms with Gasteiger partial charge in [0.05, 0.1) is 11.3 Å². The number of nitriles is 1. The molecular weight excluding hydrogens is 208 g/mol. The van der Waals surface area contributed by atoms with Gasteiger partial charge in [-0.3, -0.25) is 4.98 Å². The Hall–Kier alpha value is -2.14. The molecule has 86 valence electrons. The lowest BCUT2D eigenvalue weighted by Gasteiger charge is -2.02. The van der Waals surface area contributed by atoms with Gasteiger partial charge in [0.25, 0.3) is 0 Å². The maximum Gasteiger partial charge on any atom is 0.101 e. The predicted octanol–water partition coefficient (Wildman–Crippen LogP) is 3.95. The van der Waals surface area contributed by atoms with Crippen molar-refractivity contribution < 1.29 is 0 Å². The fourth-order valence-electron chi connectivity index (χ4n) is 1.44. The number of aryl methyl sites for hydroxylation is 1. The normalized spacial score (nSPS) is 8.82. The molecule has 1 aromatic heterocycles. The third-order valence-electron chi connectivity index (χ3n) is 2.25. The molecule has 0 aliphatic heterocycles. The topological polar surface area (TPSA) is 36.7 Å². The average molecular weight is 224 g/mol. The molecule has 0 aliphatic rings. The second kappa shape index (κ2) is 6.44. The fourth-order valence-corrected chi connectivity index (χ4v) is 1.44. The van der Waals surface area contributed by atoms with E-state index in [1.807, 2.05) is 45.0 Å². The van der Waals surface area contributed by atoms with Gasteiger partial charge in [0.15, 0.2) is 0 Å². The van der Waals surface area contributed by atoms with Crippen LogP contribution in [0.3, 0.4) is 0 Å². The highest BCUT2D eigenvalue weighted by molar-refractivity contribution is 5.66. The Morgan fingerprint density at radius 2 is 1.71 bits per heavy atom. The molecule has 2 aromatic rings. The Kier molecular flexibility index (Phi) is 4.90. The number of pyridine rings is 1. The molecule has 0 spiro atoms. The molecule has 2 rings (SSSR count). The lowest BCUT2D eigenvalue weighted by Crippen LogP contribution is -1.87. The Morgan fingerprint density at radius 1 is 1.06 bits per heavy atom. The van der Waals surface area contributed by atoms with Crippen LogP contribution in [0, 0.1) is 18.3 Å². The molecule has 0 fully saturated rings. The second-order valence-corrected chi connectivity index (χ2v) is 3.38. The van der Waals surface area contributed by atoms with Gasteiger partial charge in [0.2, 0.25) is 0 Å². The first-order chi connectivity index (χ1) is 8.31. The number of aromatic nitrogens is 1. The van der Waals surface area contributed by atoms with Gasteiger partial charge < -0.3 is 0 Å².